The summed E-state index contributed by atoms with van der Waals surface area (Å²) in [6, 6.07) is 16.8. The minimum absolute atomic E-state index is 0.352. The van der Waals surface area contributed by atoms with Crippen LogP contribution >= 0.6 is 0 Å². The number of nitrogens with one attached hydrogen (secondary N) is 2. The SMILES string of the molecule is Fc1cc(OCCN2CCCC2)cc(-c2ccnc3nc(-c4n[nH]c5ccc(-c6ccncc6)cc45)[nH]c23)c1. The summed E-state index contributed by atoms with van der Waals surface area (Å²) in [7, 11) is 0. The van der Waals surface area contributed by atoms with Gasteiger partial charge < -0.3 is 9.72 Å². The molecule has 0 amide bonds. The summed E-state index contributed by atoms with van der Waals surface area (Å²) in [5, 5.41) is 8.58. The molecule has 9 heteroatoms. The number of rotatable bonds is 7. The molecule has 4 aromatic heterocycles. The van der Waals surface area contributed by atoms with Gasteiger partial charge in [-0.25, -0.2) is 14.4 Å². The molecule has 2 aromatic carbocycles. The number of fused-ring (bicyclic) bond motifs is 2. The van der Waals surface area contributed by atoms with Gasteiger partial charge in [-0.05, 0) is 85.1 Å². The fourth-order valence-electron chi connectivity index (χ4n) is 5.28. The molecule has 0 bridgehead atoms. The average molecular weight is 520 g/mol. The molecule has 1 aliphatic heterocycles. The number of imidazole rings is 1. The highest BCUT2D eigenvalue weighted by Gasteiger charge is 2.17. The van der Waals surface area contributed by atoms with Crippen LogP contribution in [0.3, 0.4) is 0 Å². The van der Waals surface area contributed by atoms with Gasteiger partial charge in [-0.15, -0.1) is 0 Å². The molecule has 0 atom stereocenters. The fraction of sp³-hybridized carbons (Fsp3) is 0.200. The van der Waals surface area contributed by atoms with E-state index >= 15 is 0 Å². The zero-order valence-corrected chi connectivity index (χ0v) is 21.2. The Kier molecular flexibility index (Phi) is 5.97. The topological polar surface area (TPSA) is 95.6 Å². The summed E-state index contributed by atoms with van der Waals surface area (Å²) >= 11 is 0. The van der Waals surface area contributed by atoms with Crippen LogP contribution in [0.1, 0.15) is 12.8 Å². The van der Waals surface area contributed by atoms with E-state index in [1.807, 2.05) is 36.4 Å². The number of hydrogen-bond donors (Lipinski definition) is 2. The van der Waals surface area contributed by atoms with Crippen molar-refractivity contribution >= 4 is 22.1 Å². The van der Waals surface area contributed by atoms with Crippen LogP contribution in [0.4, 0.5) is 4.39 Å². The third-order valence-electron chi connectivity index (χ3n) is 7.25. The van der Waals surface area contributed by atoms with E-state index in [0.29, 0.717) is 40.6 Å². The molecule has 8 nitrogen and oxygen atoms in total. The number of pyridine rings is 2. The van der Waals surface area contributed by atoms with Gasteiger partial charge in [-0.2, -0.15) is 5.10 Å². The molecule has 2 N–H and O–H groups in total. The van der Waals surface area contributed by atoms with Crippen molar-refractivity contribution in [1.82, 2.24) is 35.0 Å². The zero-order valence-electron chi connectivity index (χ0n) is 21.2. The van der Waals surface area contributed by atoms with Crippen molar-refractivity contribution in [1.29, 1.82) is 0 Å². The molecule has 0 radical (unpaired) electrons. The van der Waals surface area contributed by atoms with Crippen LogP contribution in [0.2, 0.25) is 0 Å². The highest BCUT2D eigenvalue weighted by Crippen LogP contribution is 2.34. The molecule has 0 aliphatic carbocycles. The number of aromatic nitrogens is 6. The van der Waals surface area contributed by atoms with E-state index in [1.54, 1.807) is 18.6 Å². The summed E-state index contributed by atoms with van der Waals surface area (Å²) in [6.07, 6.45) is 7.70. The normalized spacial score (nSPS) is 14.0. The van der Waals surface area contributed by atoms with Crippen molar-refractivity contribution < 1.29 is 9.13 Å². The Morgan fingerprint density at radius 3 is 2.64 bits per heavy atom. The number of H-pyrrole nitrogens is 2. The first-order valence-corrected chi connectivity index (χ1v) is 13.1. The number of nitrogens with zero attached hydrogens (tertiary/aromatic N) is 5. The van der Waals surface area contributed by atoms with Crippen LogP contribution < -0.4 is 4.74 Å². The summed E-state index contributed by atoms with van der Waals surface area (Å²) in [4.78, 5) is 19.1. The van der Waals surface area contributed by atoms with Crippen molar-refractivity contribution in [3.05, 3.63) is 79.0 Å². The van der Waals surface area contributed by atoms with Crippen LogP contribution in [0.5, 0.6) is 5.75 Å². The molecular weight excluding hydrogens is 493 g/mol. The van der Waals surface area contributed by atoms with Crippen molar-refractivity contribution in [2.24, 2.45) is 0 Å². The molecule has 0 unspecified atom stereocenters. The molecule has 39 heavy (non-hydrogen) atoms. The molecule has 1 fully saturated rings. The van der Waals surface area contributed by atoms with E-state index in [2.05, 4.69) is 36.1 Å². The van der Waals surface area contributed by atoms with Crippen LogP contribution in [-0.2, 0) is 0 Å². The molecule has 0 spiro atoms. The van der Waals surface area contributed by atoms with E-state index in [0.717, 1.165) is 47.2 Å². The van der Waals surface area contributed by atoms with Gasteiger partial charge in [0.1, 0.15) is 23.9 Å². The maximum atomic E-state index is 14.7. The molecule has 5 heterocycles. The highest BCUT2D eigenvalue weighted by molar-refractivity contribution is 5.97. The van der Waals surface area contributed by atoms with Crippen LogP contribution in [0, 0.1) is 5.82 Å². The number of ether oxygens (including phenoxy) is 1. The molecule has 1 saturated heterocycles. The summed E-state index contributed by atoms with van der Waals surface area (Å²) in [6.45, 7) is 3.57. The number of aromatic amines is 2. The lowest BCUT2D eigenvalue weighted by atomic mass is 10.0. The number of halogens is 1. The lowest BCUT2D eigenvalue weighted by Gasteiger charge is -2.15. The second kappa shape index (κ2) is 9.92. The lowest BCUT2D eigenvalue weighted by molar-refractivity contribution is 0.237. The first kappa shape index (κ1) is 23.5. The van der Waals surface area contributed by atoms with Crippen LogP contribution in [0.15, 0.2) is 73.2 Å². The average Bonchev–Trinajstić information content (AvgIpc) is 3.72. The smallest absolute Gasteiger partial charge is 0.178 e. The molecule has 194 valence electrons. The van der Waals surface area contributed by atoms with E-state index in [1.165, 1.54) is 25.0 Å². The second-order valence-corrected chi connectivity index (χ2v) is 9.78. The summed E-state index contributed by atoms with van der Waals surface area (Å²) in [5.74, 6) is 0.743. The predicted molar refractivity (Wildman–Crippen MR) is 149 cm³/mol. The van der Waals surface area contributed by atoms with E-state index < -0.39 is 0 Å². The Balaban J connectivity index is 1.23. The minimum Gasteiger partial charge on any atom is -0.492 e. The largest absolute Gasteiger partial charge is 0.492 e. The second-order valence-electron chi connectivity index (χ2n) is 9.78. The maximum absolute atomic E-state index is 14.7. The zero-order chi connectivity index (χ0) is 26.2. The predicted octanol–water partition coefficient (Wildman–Crippen LogP) is 5.84. The van der Waals surface area contributed by atoms with E-state index in [4.69, 9.17) is 9.72 Å². The van der Waals surface area contributed by atoms with Crippen molar-refractivity contribution in [3.8, 4) is 39.5 Å². The third-order valence-corrected chi connectivity index (χ3v) is 7.25. The van der Waals surface area contributed by atoms with Gasteiger partial charge >= 0.3 is 0 Å². The van der Waals surface area contributed by atoms with Gasteiger partial charge in [0, 0.05) is 42.2 Å². The van der Waals surface area contributed by atoms with Gasteiger partial charge in [-0.3, -0.25) is 15.0 Å². The summed E-state index contributed by atoms with van der Waals surface area (Å²) in [5.41, 5.74) is 6.44. The monoisotopic (exact) mass is 519 g/mol. The van der Waals surface area contributed by atoms with Crippen LogP contribution in [-0.4, -0.2) is 61.3 Å². The number of benzene rings is 2. The molecular formula is C30H26FN7O. The van der Waals surface area contributed by atoms with Gasteiger partial charge in [0.05, 0.1) is 11.0 Å². The quantitative estimate of drug-likeness (QED) is 0.275. The minimum atomic E-state index is -0.352. The van der Waals surface area contributed by atoms with Gasteiger partial charge in [0.15, 0.2) is 11.5 Å². The summed E-state index contributed by atoms with van der Waals surface area (Å²) < 4.78 is 20.6. The van der Waals surface area contributed by atoms with Gasteiger partial charge in [0.2, 0.25) is 0 Å². The first-order chi connectivity index (χ1) is 19.2. The Labute approximate surface area is 223 Å². The van der Waals surface area contributed by atoms with Crippen molar-refractivity contribution in [3.63, 3.8) is 0 Å². The number of hydrogen-bond acceptors (Lipinski definition) is 6. The molecule has 7 rings (SSSR count). The van der Waals surface area contributed by atoms with E-state index in [-0.39, 0.29) is 5.82 Å². The molecule has 0 saturated carbocycles. The first-order valence-electron chi connectivity index (χ1n) is 13.1. The maximum Gasteiger partial charge on any atom is 0.178 e. The van der Waals surface area contributed by atoms with E-state index in [9.17, 15) is 4.39 Å². The molecule has 6 aromatic rings. The Morgan fingerprint density at radius 2 is 1.77 bits per heavy atom. The standard InChI is InChI=1S/C30H26FN7O/c31-22-15-21(16-23(18-22)39-14-13-38-11-1-2-12-38)24-7-10-33-29-27(24)34-30(35-29)28-25-17-20(3-4-26(25)36-37-28)19-5-8-32-9-6-19/h3-10,15-18H,1-2,11-14H2,(H,36,37)(H,33,34,35). The van der Waals surface area contributed by atoms with Gasteiger partial charge in [0.25, 0.3) is 0 Å². The van der Waals surface area contributed by atoms with Gasteiger partial charge in [-0.1, -0.05) is 6.07 Å². The Hall–Kier alpha value is -4.63. The molecule has 1 aliphatic rings. The fourth-order valence-corrected chi connectivity index (χ4v) is 5.28. The Morgan fingerprint density at radius 1 is 0.897 bits per heavy atom. The third kappa shape index (κ3) is 4.61. The van der Waals surface area contributed by atoms with Crippen molar-refractivity contribution in [2.75, 3.05) is 26.2 Å². The van der Waals surface area contributed by atoms with Crippen molar-refractivity contribution in [2.45, 2.75) is 12.8 Å². The lowest BCUT2D eigenvalue weighted by Crippen LogP contribution is -2.25. The van der Waals surface area contributed by atoms with Crippen LogP contribution in [0.25, 0.3) is 55.8 Å². The Bertz CT molecular complexity index is 1770. The number of likely N-dealkylation sites (tertiary alicyclic amines) is 1. The highest BCUT2D eigenvalue weighted by atomic mass is 19.1.